The molecule has 2 saturated carbocycles. The van der Waals surface area contributed by atoms with Crippen LogP contribution in [0.1, 0.15) is 68.9 Å². The Morgan fingerprint density at radius 1 is 0.935 bits per heavy atom. The highest BCUT2D eigenvalue weighted by Crippen LogP contribution is 2.46. The van der Waals surface area contributed by atoms with E-state index in [1.807, 2.05) is 12.1 Å². The van der Waals surface area contributed by atoms with Gasteiger partial charge in [0.15, 0.2) is 11.6 Å². The number of rotatable bonds is 7. The van der Waals surface area contributed by atoms with Gasteiger partial charge in [-0.2, -0.15) is 0 Å². The van der Waals surface area contributed by atoms with Gasteiger partial charge in [-0.1, -0.05) is 42.5 Å². The van der Waals surface area contributed by atoms with E-state index in [0.29, 0.717) is 36.0 Å². The smallest absolute Gasteiger partial charge is 0.166 e. The molecule has 2 fully saturated rings. The van der Waals surface area contributed by atoms with Gasteiger partial charge in [0.25, 0.3) is 0 Å². The van der Waals surface area contributed by atoms with Crippen LogP contribution in [0.2, 0.25) is 0 Å². The predicted octanol–water partition coefficient (Wildman–Crippen LogP) is 7.84. The van der Waals surface area contributed by atoms with Gasteiger partial charge in [0.05, 0.1) is 6.10 Å². The molecule has 4 unspecified atom stereocenters. The van der Waals surface area contributed by atoms with Gasteiger partial charge in [0, 0.05) is 12.2 Å². The molecular weight excluding hydrogens is 390 g/mol. The molecule has 0 saturated heterocycles. The number of hydrogen-bond donors (Lipinski definition) is 0. The summed E-state index contributed by atoms with van der Waals surface area (Å²) in [5.41, 5.74) is 2.82. The molecule has 31 heavy (non-hydrogen) atoms. The van der Waals surface area contributed by atoms with Gasteiger partial charge < -0.3 is 4.74 Å². The van der Waals surface area contributed by atoms with E-state index in [2.05, 4.69) is 25.6 Å². The van der Waals surface area contributed by atoms with Crippen molar-refractivity contribution in [3.8, 4) is 11.1 Å². The fraction of sp³-hybridized carbons (Fsp3) is 0.500. The number of fused-ring (bicyclic) bond motifs is 1. The summed E-state index contributed by atoms with van der Waals surface area (Å²) in [5.74, 6) is 0.689. The lowest BCUT2D eigenvalue weighted by molar-refractivity contribution is -0.00955. The number of aryl methyl sites for hydroxylation is 1. The molecule has 2 aromatic carbocycles. The molecule has 0 bridgehead atoms. The van der Waals surface area contributed by atoms with E-state index in [1.165, 1.54) is 44.1 Å². The maximum atomic E-state index is 14.7. The Morgan fingerprint density at radius 3 is 2.42 bits per heavy atom. The zero-order valence-corrected chi connectivity index (χ0v) is 18.6. The van der Waals surface area contributed by atoms with Crippen molar-refractivity contribution < 1.29 is 13.5 Å². The molecule has 4 atom stereocenters. The van der Waals surface area contributed by atoms with Crippen LogP contribution in [0.5, 0.6) is 0 Å². The first-order chi connectivity index (χ1) is 15.1. The molecule has 3 heteroatoms. The van der Waals surface area contributed by atoms with Crippen LogP contribution in [-0.2, 0) is 11.2 Å². The van der Waals surface area contributed by atoms with Gasteiger partial charge in [-0.05, 0) is 92.7 Å². The summed E-state index contributed by atoms with van der Waals surface area (Å²) in [6, 6.07) is 11.5. The van der Waals surface area contributed by atoms with E-state index >= 15 is 0 Å². The summed E-state index contributed by atoms with van der Waals surface area (Å²) < 4.78 is 35.0. The first-order valence-electron chi connectivity index (χ1n) is 11.9. The Kier molecular flexibility index (Phi) is 7.22. The summed E-state index contributed by atoms with van der Waals surface area (Å²) in [7, 11) is 0. The summed E-state index contributed by atoms with van der Waals surface area (Å²) in [6.45, 7) is 6.56. The Morgan fingerprint density at radius 2 is 1.68 bits per heavy atom. The summed E-state index contributed by atoms with van der Waals surface area (Å²) in [5, 5.41) is 0. The third-order valence-electron chi connectivity index (χ3n) is 7.44. The molecule has 0 aromatic heterocycles. The Hall–Kier alpha value is -2.00. The highest BCUT2D eigenvalue weighted by atomic mass is 19.2. The molecule has 0 spiro atoms. The average molecular weight is 425 g/mol. The Bertz CT molecular complexity index is 889. The van der Waals surface area contributed by atoms with E-state index in [0.717, 1.165) is 24.0 Å². The van der Waals surface area contributed by atoms with Crippen molar-refractivity contribution in [3.63, 3.8) is 0 Å². The van der Waals surface area contributed by atoms with E-state index in [-0.39, 0.29) is 0 Å². The summed E-state index contributed by atoms with van der Waals surface area (Å²) in [6.07, 6.45) is 10.7. The molecule has 0 amide bonds. The minimum atomic E-state index is -0.749. The topological polar surface area (TPSA) is 9.23 Å². The van der Waals surface area contributed by atoms with Gasteiger partial charge in [0.2, 0.25) is 0 Å². The van der Waals surface area contributed by atoms with Crippen LogP contribution in [0.25, 0.3) is 11.1 Å². The van der Waals surface area contributed by atoms with Crippen molar-refractivity contribution >= 4 is 0 Å². The van der Waals surface area contributed by atoms with Crippen molar-refractivity contribution in [1.82, 2.24) is 0 Å². The highest BCUT2D eigenvalue weighted by molar-refractivity contribution is 5.65. The summed E-state index contributed by atoms with van der Waals surface area (Å²) >= 11 is 0. The molecule has 166 valence electrons. The Labute approximate surface area is 185 Å². The lowest BCUT2D eigenvalue weighted by Gasteiger charge is -2.42. The second kappa shape index (κ2) is 10.1. The van der Waals surface area contributed by atoms with Crippen LogP contribution < -0.4 is 0 Å². The van der Waals surface area contributed by atoms with Crippen molar-refractivity contribution in [2.45, 2.75) is 70.3 Å². The van der Waals surface area contributed by atoms with Crippen LogP contribution in [-0.4, -0.2) is 12.7 Å². The molecule has 0 heterocycles. The molecule has 2 aliphatic carbocycles. The van der Waals surface area contributed by atoms with Crippen LogP contribution in [0.15, 0.2) is 49.1 Å². The number of allylic oxidation sites excluding steroid dienone is 1. The lowest BCUT2D eigenvalue weighted by atomic mass is 9.65. The standard InChI is InChI=1S/C28H34F2O/c1-3-5-6-21-14-16-26(28(30)27(21)29)20-9-7-19(8-10-20)22-11-12-24-18-25(31-4-2)15-13-23(24)17-22/h3,7-10,14,16,22-25H,1,4-6,11-13,15,17-18H2,2H3. The van der Waals surface area contributed by atoms with E-state index in [9.17, 15) is 8.78 Å². The van der Waals surface area contributed by atoms with Crippen molar-refractivity contribution in [3.05, 3.63) is 71.8 Å². The largest absolute Gasteiger partial charge is 0.378 e. The van der Waals surface area contributed by atoms with Crippen LogP contribution in [0.3, 0.4) is 0 Å². The lowest BCUT2D eigenvalue weighted by Crippen LogP contribution is -2.33. The molecule has 0 radical (unpaired) electrons. The SMILES string of the molecule is C=CCCc1ccc(-c2ccc(C3CCC4CC(OCC)CCC4C3)cc2)c(F)c1F. The fourth-order valence-electron chi connectivity index (χ4n) is 5.73. The second-order valence-corrected chi connectivity index (χ2v) is 9.27. The molecule has 2 aromatic rings. The first-order valence-corrected chi connectivity index (χ1v) is 11.9. The van der Waals surface area contributed by atoms with E-state index < -0.39 is 11.6 Å². The molecular formula is C28H34F2O. The molecule has 0 N–H and O–H groups in total. The van der Waals surface area contributed by atoms with Crippen molar-refractivity contribution in [2.24, 2.45) is 11.8 Å². The Balaban J connectivity index is 1.43. The number of hydrogen-bond acceptors (Lipinski definition) is 1. The maximum Gasteiger partial charge on any atom is 0.166 e. The average Bonchev–Trinajstić information content (AvgIpc) is 2.80. The number of benzene rings is 2. The molecule has 2 aliphatic rings. The molecule has 4 rings (SSSR count). The minimum Gasteiger partial charge on any atom is -0.378 e. The third kappa shape index (κ3) is 4.92. The van der Waals surface area contributed by atoms with Crippen LogP contribution >= 0.6 is 0 Å². The molecule has 1 nitrogen and oxygen atoms in total. The minimum absolute atomic E-state index is 0.337. The van der Waals surface area contributed by atoms with Crippen molar-refractivity contribution in [2.75, 3.05) is 6.61 Å². The van der Waals surface area contributed by atoms with Crippen LogP contribution in [0.4, 0.5) is 8.78 Å². The second-order valence-electron chi connectivity index (χ2n) is 9.27. The zero-order valence-electron chi connectivity index (χ0n) is 18.6. The zero-order chi connectivity index (χ0) is 21.8. The fourth-order valence-corrected chi connectivity index (χ4v) is 5.73. The van der Waals surface area contributed by atoms with Gasteiger partial charge in [-0.25, -0.2) is 8.78 Å². The van der Waals surface area contributed by atoms with Gasteiger partial charge in [0.1, 0.15) is 0 Å². The number of ether oxygens (including phenoxy) is 1. The van der Waals surface area contributed by atoms with E-state index in [1.54, 1.807) is 18.2 Å². The monoisotopic (exact) mass is 424 g/mol. The quantitative estimate of drug-likeness (QED) is 0.411. The third-order valence-corrected chi connectivity index (χ3v) is 7.44. The summed E-state index contributed by atoms with van der Waals surface area (Å²) in [4.78, 5) is 0. The van der Waals surface area contributed by atoms with Crippen LogP contribution in [0, 0.1) is 23.5 Å². The maximum absolute atomic E-state index is 14.7. The van der Waals surface area contributed by atoms with E-state index in [4.69, 9.17) is 4.74 Å². The highest BCUT2D eigenvalue weighted by Gasteiger charge is 2.36. The molecule has 0 aliphatic heterocycles. The van der Waals surface area contributed by atoms with Gasteiger partial charge >= 0.3 is 0 Å². The number of halogens is 2. The predicted molar refractivity (Wildman–Crippen MR) is 123 cm³/mol. The first kappa shape index (κ1) is 22.2. The van der Waals surface area contributed by atoms with Crippen molar-refractivity contribution in [1.29, 1.82) is 0 Å². The van der Waals surface area contributed by atoms with Gasteiger partial charge in [-0.15, -0.1) is 6.58 Å². The van der Waals surface area contributed by atoms with Gasteiger partial charge in [-0.3, -0.25) is 0 Å². The normalized spacial score (nSPS) is 25.8.